The number of hydrogen-bond donors (Lipinski definition) is 0. The van der Waals surface area contributed by atoms with Crippen molar-refractivity contribution in [2.45, 2.75) is 31.6 Å². The first-order chi connectivity index (χ1) is 9.49. The van der Waals surface area contributed by atoms with Crippen LogP contribution in [-0.4, -0.2) is 18.0 Å². The Morgan fingerprint density at radius 1 is 1.45 bits per heavy atom. The Balaban J connectivity index is 3.03. The molecule has 0 aromatic heterocycles. The third kappa shape index (κ3) is 3.32. The van der Waals surface area contributed by atoms with Crippen molar-refractivity contribution in [2.75, 3.05) is 7.11 Å². The van der Waals surface area contributed by atoms with E-state index >= 15 is 0 Å². The molecule has 0 aliphatic carbocycles. The van der Waals surface area contributed by atoms with Gasteiger partial charge in [-0.05, 0) is 18.4 Å². The molecular formula is C14H16N2O4. The largest absolute Gasteiger partial charge is 0.469 e. The van der Waals surface area contributed by atoms with Crippen molar-refractivity contribution in [1.29, 1.82) is 5.26 Å². The van der Waals surface area contributed by atoms with Gasteiger partial charge in [-0.3, -0.25) is 14.9 Å². The molecule has 6 nitrogen and oxygen atoms in total. The number of benzene rings is 1. The van der Waals surface area contributed by atoms with Crippen LogP contribution >= 0.6 is 0 Å². The molecule has 0 heterocycles. The van der Waals surface area contributed by atoms with Crippen LogP contribution < -0.4 is 0 Å². The van der Waals surface area contributed by atoms with Gasteiger partial charge in [0, 0.05) is 18.6 Å². The zero-order valence-electron chi connectivity index (χ0n) is 11.5. The molecule has 0 saturated carbocycles. The van der Waals surface area contributed by atoms with Gasteiger partial charge in [-0.1, -0.05) is 19.1 Å². The second-order valence-corrected chi connectivity index (χ2v) is 4.43. The number of methoxy groups -OCH3 is 1. The van der Waals surface area contributed by atoms with Gasteiger partial charge in [0.15, 0.2) is 0 Å². The van der Waals surface area contributed by atoms with Gasteiger partial charge in [0.1, 0.15) is 0 Å². The molecule has 0 bridgehead atoms. The van der Waals surface area contributed by atoms with Crippen molar-refractivity contribution in [3.05, 3.63) is 39.9 Å². The van der Waals surface area contributed by atoms with Crippen LogP contribution in [0.5, 0.6) is 0 Å². The lowest BCUT2D eigenvalue weighted by molar-refractivity contribution is -0.384. The highest BCUT2D eigenvalue weighted by Crippen LogP contribution is 2.33. The standard InChI is InChI=1S/C14H16N2O4/c1-3-14(10-15,9-8-13(17)20-2)11-4-6-12(7-5-11)16(18)19/h4-7H,3,8-9H2,1-2H3/t14-/m0/s1. The molecule has 0 unspecified atom stereocenters. The zero-order chi connectivity index (χ0) is 15.2. The lowest BCUT2D eigenvalue weighted by Gasteiger charge is -2.25. The average Bonchev–Trinajstić information content (AvgIpc) is 2.48. The Labute approximate surface area is 117 Å². The highest BCUT2D eigenvalue weighted by Gasteiger charge is 2.31. The summed E-state index contributed by atoms with van der Waals surface area (Å²) in [5, 5.41) is 20.1. The van der Waals surface area contributed by atoms with E-state index in [1.165, 1.54) is 19.2 Å². The molecule has 0 aliphatic heterocycles. The van der Waals surface area contributed by atoms with Crippen molar-refractivity contribution in [2.24, 2.45) is 0 Å². The zero-order valence-corrected chi connectivity index (χ0v) is 11.5. The van der Waals surface area contributed by atoms with Crippen molar-refractivity contribution in [1.82, 2.24) is 0 Å². The van der Waals surface area contributed by atoms with Gasteiger partial charge in [-0.2, -0.15) is 5.26 Å². The fraction of sp³-hybridized carbons (Fsp3) is 0.429. The van der Waals surface area contributed by atoms with Crippen LogP contribution in [0.15, 0.2) is 24.3 Å². The molecule has 106 valence electrons. The summed E-state index contributed by atoms with van der Waals surface area (Å²) in [5.74, 6) is -0.375. The minimum atomic E-state index is -0.830. The van der Waals surface area contributed by atoms with Crippen LogP contribution in [0.2, 0.25) is 0 Å². The maximum absolute atomic E-state index is 11.2. The number of nitro benzene ring substituents is 1. The molecule has 0 fully saturated rings. The van der Waals surface area contributed by atoms with Gasteiger partial charge in [-0.25, -0.2) is 0 Å². The van der Waals surface area contributed by atoms with Crippen molar-refractivity contribution < 1.29 is 14.5 Å². The van der Waals surface area contributed by atoms with Crippen LogP contribution in [-0.2, 0) is 14.9 Å². The lowest BCUT2D eigenvalue weighted by atomic mass is 9.76. The summed E-state index contributed by atoms with van der Waals surface area (Å²) in [6, 6.07) is 8.12. The van der Waals surface area contributed by atoms with Gasteiger partial charge in [0.25, 0.3) is 5.69 Å². The van der Waals surface area contributed by atoms with Gasteiger partial charge < -0.3 is 4.74 Å². The van der Waals surface area contributed by atoms with E-state index in [9.17, 15) is 20.2 Å². The van der Waals surface area contributed by atoms with E-state index in [0.717, 1.165) is 0 Å². The number of nitriles is 1. The monoisotopic (exact) mass is 276 g/mol. The first kappa shape index (κ1) is 15.6. The summed E-state index contributed by atoms with van der Waals surface area (Å²) in [4.78, 5) is 21.4. The number of esters is 1. The van der Waals surface area contributed by atoms with Crippen LogP contribution in [0, 0.1) is 21.4 Å². The van der Waals surface area contributed by atoms with Gasteiger partial charge in [0.05, 0.1) is 23.5 Å². The fourth-order valence-corrected chi connectivity index (χ4v) is 2.04. The Morgan fingerprint density at radius 2 is 2.05 bits per heavy atom. The molecule has 0 aliphatic rings. The van der Waals surface area contributed by atoms with Crippen LogP contribution in [0.4, 0.5) is 5.69 Å². The quantitative estimate of drug-likeness (QED) is 0.452. The van der Waals surface area contributed by atoms with E-state index in [-0.39, 0.29) is 18.1 Å². The van der Waals surface area contributed by atoms with E-state index in [0.29, 0.717) is 18.4 Å². The summed E-state index contributed by atoms with van der Waals surface area (Å²) in [6.45, 7) is 1.85. The van der Waals surface area contributed by atoms with Gasteiger partial charge >= 0.3 is 5.97 Å². The van der Waals surface area contributed by atoms with Gasteiger partial charge in [0.2, 0.25) is 0 Å². The van der Waals surface area contributed by atoms with Crippen LogP contribution in [0.1, 0.15) is 31.7 Å². The number of carbonyl (C=O) groups excluding carboxylic acids is 1. The number of ether oxygens (including phenoxy) is 1. The summed E-state index contributed by atoms with van der Waals surface area (Å²) in [5.41, 5.74) is -0.176. The Hall–Kier alpha value is -2.42. The van der Waals surface area contributed by atoms with Gasteiger partial charge in [-0.15, -0.1) is 0 Å². The first-order valence-corrected chi connectivity index (χ1v) is 6.22. The summed E-state index contributed by atoms with van der Waals surface area (Å²) in [6.07, 6.45) is 0.970. The molecule has 0 spiro atoms. The average molecular weight is 276 g/mol. The van der Waals surface area contributed by atoms with E-state index in [1.807, 2.05) is 6.92 Å². The third-order valence-electron chi connectivity index (χ3n) is 3.43. The van der Waals surface area contributed by atoms with Crippen LogP contribution in [0.25, 0.3) is 0 Å². The number of nitro groups is 1. The normalized spacial score (nSPS) is 13.1. The second-order valence-electron chi connectivity index (χ2n) is 4.43. The van der Waals surface area contributed by atoms with Crippen molar-refractivity contribution >= 4 is 11.7 Å². The van der Waals surface area contributed by atoms with E-state index < -0.39 is 10.3 Å². The molecule has 20 heavy (non-hydrogen) atoms. The molecular weight excluding hydrogens is 260 g/mol. The number of nitrogens with zero attached hydrogens (tertiary/aromatic N) is 2. The Kier molecular flexibility index (Phi) is 5.21. The summed E-state index contributed by atoms with van der Waals surface area (Å²) < 4.78 is 4.58. The van der Waals surface area contributed by atoms with E-state index in [2.05, 4.69) is 10.8 Å². The van der Waals surface area contributed by atoms with E-state index in [1.54, 1.807) is 12.1 Å². The fourth-order valence-electron chi connectivity index (χ4n) is 2.04. The minimum absolute atomic E-state index is 0.0235. The molecule has 0 N–H and O–H groups in total. The molecule has 0 amide bonds. The summed E-state index contributed by atoms with van der Waals surface area (Å²) in [7, 11) is 1.30. The smallest absolute Gasteiger partial charge is 0.305 e. The predicted octanol–water partition coefficient (Wildman–Crippen LogP) is 2.72. The number of carbonyl (C=O) groups is 1. The molecule has 1 atom stereocenters. The Bertz CT molecular complexity index is 533. The number of non-ortho nitro benzene ring substituents is 1. The first-order valence-electron chi connectivity index (χ1n) is 6.22. The maximum atomic E-state index is 11.2. The highest BCUT2D eigenvalue weighted by atomic mass is 16.6. The third-order valence-corrected chi connectivity index (χ3v) is 3.43. The van der Waals surface area contributed by atoms with Crippen molar-refractivity contribution in [3.63, 3.8) is 0 Å². The highest BCUT2D eigenvalue weighted by molar-refractivity contribution is 5.69. The number of hydrogen-bond acceptors (Lipinski definition) is 5. The molecule has 1 aromatic carbocycles. The molecule has 1 aromatic rings. The van der Waals surface area contributed by atoms with E-state index in [4.69, 9.17) is 0 Å². The molecule has 6 heteroatoms. The lowest BCUT2D eigenvalue weighted by Crippen LogP contribution is -2.24. The number of rotatable bonds is 6. The molecule has 1 rings (SSSR count). The SMILES string of the molecule is CC[C@@](C#N)(CCC(=O)OC)c1ccc([N+](=O)[O-])cc1. The minimum Gasteiger partial charge on any atom is -0.469 e. The van der Waals surface area contributed by atoms with Crippen molar-refractivity contribution in [3.8, 4) is 6.07 Å². The predicted molar refractivity (Wildman–Crippen MR) is 71.9 cm³/mol. The van der Waals surface area contributed by atoms with Crippen LogP contribution in [0.3, 0.4) is 0 Å². The molecule has 0 saturated heterocycles. The summed E-state index contributed by atoms with van der Waals surface area (Å²) >= 11 is 0. The maximum Gasteiger partial charge on any atom is 0.305 e. The Morgan fingerprint density at radius 3 is 2.45 bits per heavy atom. The molecule has 0 radical (unpaired) electrons. The topological polar surface area (TPSA) is 93.2 Å². The second kappa shape index (κ2) is 6.66.